The number of thioether (sulfide) groups is 1. The number of nitrogens with two attached hydrogens (primary N) is 1. The topological polar surface area (TPSA) is 43.8 Å². The Bertz CT molecular complexity index is 327. The minimum Gasteiger partial charge on any atom is -0.383 e. The van der Waals surface area contributed by atoms with Crippen molar-refractivity contribution in [3.63, 3.8) is 0 Å². The molecule has 1 heterocycles. The molecule has 3 nitrogen and oxygen atoms in total. The number of hydrogen-bond donors (Lipinski definition) is 1. The van der Waals surface area contributed by atoms with Crippen molar-refractivity contribution >= 4 is 33.5 Å². The van der Waals surface area contributed by atoms with E-state index in [2.05, 4.69) is 27.3 Å². The van der Waals surface area contributed by atoms with Gasteiger partial charge in [0.15, 0.2) is 0 Å². The van der Waals surface area contributed by atoms with Crippen molar-refractivity contribution in [3.05, 3.63) is 10.7 Å². The highest BCUT2D eigenvalue weighted by Crippen LogP contribution is 2.44. The maximum atomic E-state index is 5.89. The van der Waals surface area contributed by atoms with Crippen molar-refractivity contribution in [1.82, 2.24) is 9.78 Å². The van der Waals surface area contributed by atoms with E-state index in [9.17, 15) is 0 Å². The summed E-state index contributed by atoms with van der Waals surface area (Å²) in [5, 5.41) is 4.26. The highest BCUT2D eigenvalue weighted by atomic mass is 79.9. The largest absolute Gasteiger partial charge is 0.383 e. The third-order valence-electron chi connectivity index (χ3n) is 2.97. The van der Waals surface area contributed by atoms with Gasteiger partial charge >= 0.3 is 0 Å². The normalized spacial score (nSPS) is 19.3. The number of rotatable bonds is 3. The first-order valence-corrected chi connectivity index (χ1v) is 6.71. The second-order valence-electron chi connectivity index (χ2n) is 3.78. The van der Waals surface area contributed by atoms with Crippen LogP contribution in [0.1, 0.15) is 19.3 Å². The fraction of sp³-hybridized carbons (Fsp3) is 0.667. The molecule has 0 aromatic carbocycles. The zero-order valence-electron chi connectivity index (χ0n) is 8.16. The standard InChI is InChI=1S/C9H14BrN3S/c1-14-9(3-2-4-9)6-13-8(11)7(10)5-12-13/h5H,2-4,6,11H2,1H3. The Hall–Kier alpha value is -0.160. The van der Waals surface area contributed by atoms with Gasteiger partial charge in [-0.15, -0.1) is 0 Å². The van der Waals surface area contributed by atoms with Gasteiger partial charge < -0.3 is 5.73 Å². The lowest BCUT2D eigenvalue weighted by Crippen LogP contribution is -2.38. The van der Waals surface area contributed by atoms with Crippen LogP contribution in [-0.4, -0.2) is 20.8 Å². The van der Waals surface area contributed by atoms with Crippen molar-refractivity contribution < 1.29 is 0 Å². The summed E-state index contributed by atoms with van der Waals surface area (Å²) in [5.41, 5.74) is 5.89. The quantitative estimate of drug-likeness (QED) is 0.922. The van der Waals surface area contributed by atoms with Gasteiger partial charge in [-0.25, -0.2) is 4.68 Å². The highest BCUT2D eigenvalue weighted by molar-refractivity contribution is 9.10. The van der Waals surface area contributed by atoms with E-state index < -0.39 is 0 Å². The first-order valence-electron chi connectivity index (χ1n) is 4.69. The van der Waals surface area contributed by atoms with Crippen molar-refractivity contribution in [1.29, 1.82) is 0 Å². The summed E-state index contributed by atoms with van der Waals surface area (Å²) in [5.74, 6) is 0.741. The third-order valence-corrected chi connectivity index (χ3v) is 4.98. The van der Waals surface area contributed by atoms with Gasteiger partial charge in [-0.05, 0) is 35.0 Å². The van der Waals surface area contributed by atoms with Crippen LogP contribution in [0.5, 0.6) is 0 Å². The van der Waals surface area contributed by atoms with E-state index in [0.29, 0.717) is 4.75 Å². The van der Waals surface area contributed by atoms with E-state index >= 15 is 0 Å². The van der Waals surface area contributed by atoms with Gasteiger partial charge in [-0.3, -0.25) is 0 Å². The molecule has 0 saturated heterocycles. The average Bonchev–Trinajstić information content (AvgIpc) is 2.42. The summed E-state index contributed by atoms with van der Waals surface area (Å²) >= 11 is 5.31. The molecule has 0 spiro atoms. The molecule has 0 bridgehead atoms. The predicted octanol–water partition coefficient (Wildman–Crippen LogP) is 2.51. The van der Waals surface area contributed by atoms with Crippen LogP contribution in [0, 0.1) is 0 Å². The molecular weight excluding hydrogens is 262 g/mol. The van der Waals surface area contributed by atoms with E-state index in [1.54, 1.807) is 6.20 Å². The second kappa shape index (κ2) is 3.77. The molecule has 1 saturated carbocycles. The lowest BCUT2D eigenvalue weighted by molar-refractivity contribution is 0.312. The Kier molecular flexibility index (Phi) is 2.79. The van der Waals surface area contributed by atoms with Gasteiger partial charge in [0, 0.05) is 4.75 Å². The van der Waals surface area contributed by atoms with Gasteiger partial charge in [0.1, 0.15) is 5.82 Å². The van der Waals surface area contributed by atoms with Crippen LogP contribution < -0.4 is 5.73 Å². The number of anilines is 1. The van der Waals surface area contributed by atoms with Crippen LogP contribution in [0.4, 0.5) is 5.82 Å². The molecule has 0 atom stereocenters. The third kappa shape index (κ3) is 1.67. The van der Waals surface area contributed by atoms with E-state index in [0.717, 1.165) is 16.8 Å². The Morgan fingerprint density at radius 1 is 1.71 bits per heavy atom. The van der Waals surface area contributed by atoms with Crippen LogP contribution in [0.15, 0.2) is 10.7 Å². The SMILES string of the molecule is CSC1(Cn2ncc(Br)c2N)CCC1. The molecule has 2 N–H and O–H groups in total. The summed E-state index contributed by atoms with van der Waals surface area (Å²) in [6.45, 7) is 0.936. The fourth-order valence-corrected chi connectivity index (χ4v) is 3.01. The molecular formula is C9H14BrN3S. The predicted molar refractivity (Wildman–Crippen MR) is 64.4 cm³/mol. The number of nitrogens with zero attached hydrogens (tertiary/aromatic N) is 2. The second-order valence-corrected chi connectivity index (χ2v) is 5.90. The molecule has 1 aliphatic carbocycles. The number of hydrogen-bond acceptors (Lipinski definition) is 3. The minimum atomic E-state index is 0.388. The number of nitrogen functional groups attached to an aromatic ring is 1. The van der Waals surface area contributed by atoms with Crippen LogP contribution in [0.3, 0.4) is 0 Å². The molecule has 0 radical (unpaired) electrons. The first kappa shape index (κ1) is 10.4. The van der Waals surface area contributed by atoms with Gasteiger partial charge in [0.25, 0.3) is 0 Å². The van der Waals surface area contributed by atoms with Crippen LogP contribution >= 0.6 is 27.7 Å². The summed E-state index contributed by atoms with van der Waals surface area (Å²) in [4.78, 5) is 0. The molecule has 1 aromatic rings. The minimum absolute atomic E-state index is 0.388. The Labute approximate surface area is 96.6 Å². The fourth-order valence-electron chi connectivity index (χ4n) is 1.77. The molecule has 1 aromatic heterocycles. The number of halogens is 1. The van der Waals surface area contributed by atoms with Gasteiger partial charge in [-0.1, -0.05) is 6.42 Å². The molecule has 5 heteroatoms. The van der Waals surface area contributed by atoms with E-state index in [-0.39, 0.29) is 0 Å². The van der Waals surface area contributed by atoms with Crippen molar-refractivity contribution in [2.75, 3.05) is 12.0 Å². The van der Waals surface area contributed by atoms with Crippen molar-refractivity contribution in [3.8, 4) is 0 Å². The van der Waals surface area contributed by atoms with E-state index in [1.165, 1.54) is 19.3 Å². The van der Waals surface area contributed by atoms with Crippen LogP contribution in [-0.2, 0) is 6.54 Å². The first-order chi connectivity index (χ1) is 6.67. The lowest BCUT2D eigenvalue weighted by Gasteiger charge is -2.40. The Morgan fingerprint density at radius 3 is 2.79 bits per heavy atom. The maximum Gasteiger partial charge on any atom is 0.136 e. The van der Waals surface area contributed by atoms with Gasteiger partial charge in [0.2, 0.25) is 0 Å². The Morgan fingerprint density at radius 2 is 2.43 bits per heavy atom. The Balaban J connectivity index is 2.13. The zero-order chi connectivity index (χ0) is 10.2. The molecule has 1 aliphatic rings. The smallest absolute Gasteiger partial charge is 0.136 e. The zero-order valence-corrected chi connectivity index (χ0v) is 10.6. The molecule has 2 rings (SSSR count). The van der Waals surface area contributed by atoms with E-state index in [4.69, 9.17) is 5.73 Å². The van der Waals surface area contributed by atoms with E-state index in [1.807, 2.05) is 16.4 Å². The molecule has 0 aliphatic heterocycles. The summed E-state index contributed by atoms with van der Waals surface area (Å²) in [7, 11) is 0. The summed E-state index contributed by atoms with van der Waals surface area (Å²) in [6, 6.07) is 0. The maximum absolute atomic E-state index is 5.89. The summed E-state index contributed by atoms with van der Waals surface area (Å²) in [6.07, 6.45) is 7.84. The highest BCUT2D eigenvalue weighted by Gasteiger charge is 2.37. The summed E-state index contributed by atoms with van der Waals surface area (Å²) < 4.78 is 3.19. The average molecular weight is 276 g/mol. The molecule has 1 fully saturated rings. The van der Waals surface area contributed by atoms with Gasteiger partial charge in [0.05, 0.1) is 17.2 Å². The molecule has 78 valence electrons. The van der Waals surface area contributed by atoms with Crippen molar-refractivity contribution in [2.45, 2.75) is 30.6 Å². The monoisotopic (exact) mass is 275 g/mol. The molecule has 14 heavy (non-hydrogen) atoms. The number of aromatic nitrogens is 2. The van der Waals surface area contributed by atoms with Crippen molar-refractivity contribution in [2.24, 2.45) is 0 Å². The lowest BCUT2D eigenvalue weighted by atomic mass is 9.84. The van der Waals surface area contributed by atoms with Crippen LogP contribution in [0.25, 0.3) is 0 Å². The van der Waals surface area contributed by atoms with Gasteiger partial charge in [-0.2, -0.15) is 16.9 Å². The molecule has 0 amide bonds. The van der Waals surface area contributed by atoms with Crippen LogP contribution in [0.2, 0.25) is 0 Å². The molecule has 0 unspecified atom stereocenters.